The van der Waals surface area contributed by atoms with Gasteiger partial charge in [-0.15, -0.1) is 0 Å². The quantitative estimate of drug-likeness (QED) is 0.136. The van der Waals surface area contributed by atoms with Gasteiger partial charge >= 0.3 is 0 Å². The monoisotopic (exact) mass is 851 g/mol. The van der Waals surface area contributed by atoms with E-state index in [0.717, 1.165) is 56.7 Å². The van der Waals surface area contributed by atoms with Crippen molar-refractivity contribution in [2.75, 3.05) is 0 Å². The molecule has 1 aliphatic rings. The normalized spacial score (nSPS) is 14.2. The van der Waals surface area contributed by atoms with Crippen LogP contribution in [-0.4, -0.2) is 24.1 Å². The van der Waals surface area contributed by atoms with Crippen LogP contribution in [0.5, 0.6) is 0 Å². The summed E-state index contributed by atoms with van der Waals surface area (Å²) in [6, 6.07) is 57.1. The maximum absolute atomic E-state index is 5.24. The summed E-state index contributed by atoms with van der Waals surface area (Å²) in [6.07, 6.45) is 15.2. The van der Waals surface area contributed by atoms with Gasteiger partial charge in [0.1, 0.15) is 0 Å². The summed E-state index contributed by atoms with van der Waals surface area (Å²) in [7, 11) is 0. The lowest BCUT2D eigenvalue weighted by Crippen LogP contribution is -2.11. The van der Waals surface area contributed by atoms with Crippen LogP contribution in [0.1, 0.15) is 50.1 Å². The molecule has 0 fully saturated rings. The molecule has 7 aromatic carbocycles. The molecule has 0 aliphatic heterocycles. The van der Waals surface area contributed by atoms with Gasteiger partial charge in [-0.3, -0.25) is 0 Å². The van der Waals surface area contributed by atoms with Gasteiger partial charge in [0.25, 0.3) is 0 Å². The highest BCUT2D eigenvalue weighted by Gasteiger charge is 2.27. The first kappa shape index (κ1) is 40.6. The summed E-state index contributed by atoms with van der Waals surface area (Å²) in [5, 5.41) is 4.90. The Morgan fingerprint density at radius 3 is 1.86 bits per heavy atom. The molecule has 318 valence electrons. The van der Waals surface area contributed by atoms with Crippen LogP contribution in [0, 0.1) is 0 Å². The summed E-state index contributed by atoms with van der Waals surface area (Å²) in [4.78, 5) is 15.4. The average Bonchev–Trinajstić information content (AvgIpc) is 3.87. The molecule has 0 N–H and O–H groups in total. The van der Waals surface area contributed by atoms with Crippen LogP contribution in [0.4, 0.5) is 0 Å². The number of nitrogens with zero attached hydrogens (tertiary/aromatic N) is 5. The standard InChI is InChI=1S/C61H49N5/c1-6-21-40(7-2)58-62-59(43-26-15-10-16-27-43)64-60(63-58)44-36-50(41-22-11-8-12-23-41)57(51(37-44)42-24-13-9-14-25-42)66-55-35-32-45(61(3,4)5)38-52(55)49-34-33-46(39-56(49)66)65-53-30-19-17-28-47(53)48-29-18-20-31-54(48)65/h6-24,26-39,42H,1-2,25H2,3-5H3/b40-21+. The summed E-state index contributed by atoms with van der Waals surface area (Å²) < 4.78 is 4.96. The fraction of sp³-hybridized carbons (Fsp3) is 0.0984. The number of aromatic nitrogens is 5. The zero-order valence-corrected chi connectivity index (χ0v) is 37.5. The Balaban J connectivity index is 1.26. The molecule has 0 saturated carbocycles. The van der Waals surface area contributed by atoms with Crippen molar-refractivity contribution in [1.82, 2.24) is 24.1 Å². The number of hydrogen-bond donors (Lipinski definition) is 0. The molecule has 0 spiro atoms. The van der Waals surface area contributed by atoms with Crippen molar-refractivity contribution in [3.63, 3.8) is 0 Å². The van der Waals surface area contributed by atoms with E-state index in [-0.39, 0.29) is 11.3 Å². The summed E-state index contributed by atoms with van der Waals surface area (Å²) >= 11 is 0. The average molecular weight is 852 g/mol. The summed E-state index contributed by atoms with van der Waals surface area (Å²) in [5.41, 5.74) is 14.1. The van der Waals surface area contributed by atoms with Crippen LogP contribution < -0.4 is 0 Å². The smallest absolute Gasteiger partial charge is 0.164 e. The molecular formula is C61H49N5. The Kier molecular flexibility index (Phi) is 10.1. The highest BCUT2D eigenvalue weighted by atomic mass is 15.0. The van der Waals surface area contributed by atoms with Crippen molar-refractivity contribution in [1.29, 1.82) is 0 Å². The molecule has 11 rings (SSSR count). The van der Waals surface area contributed by atoms with E-state index >= 15 is 0 Å². The van der Waals surface area contributed by atoms with E-state index in [9.17, 15) is 0 Å². The minimum atomic E-state index is -0.0406. The Morgan fingerprint density at radius 2 is 1.21 bits per heavy atom. The van der Waals surface area contributed by atoms with E-state index in [2.05, 4.69) is 195 Å². The fourth-order valence-electron chi connectivity index (χ4n) is 9.74. The van der Waals surface area contributed by atoms with E-state index < -0.39 is 0 Å². The Morgan fingerprint density at radius 1 is 0.576 bits per heavy atom. The van der Waals surface area contributed by atoms with Gasteiger partial charge in [-0.05, 0) is 77.1 Å². The second-order valence-electron chi connectivity index (χ2n) is 18.1. The molecule has 3 aromatic heterocycles. The second-order valence-corrected chi connectivity index (χ2v) is 18.1. The topological polar surface area (TPSA) is 48.5 Å². The SMILES string of the molecule is C=C/C=C(\C=C)c1nc(-c2ccccc2)nc(-c2cc(-c3ccccc3)c(-n3c4ccc(C(C)(C)C)cc4c4ccc(-n5c6ccccc6c6ccccc65)cc43)c(C3C=CC=CC3)c2)n1. The predicted molar refractivity (Wildman–Crippen MR) is 278 cm³/mol. The van der Waals surface area contributed by atoms with Gasteiger partial charge in [0.2, 0.25) is 0 Å². The third kappa shape index (κ3) is 7.01. The van der Waals surface area contributed by atoms with Crippen molar-refractivity contribution in [2.24, 2.45) is 0 Å². The van der Waals surface area contributed by atoms with E-state index in [4.69, 9.17) is 15.0 Å². The first-order valence-electron chi connectivity index (χ1n) is 22.7. The number of hydrogen-bond acceptors (Lipinski definition) is 3. The number of fused-ring (bicyclic) bond motifs is 6. The molecule has 1 atom stereocenters. The van der Waals surface area contributed by atoms with Gasteiger partial charge in [-0.2, -0.15) is 0 Å². The molecule has 0 amide bonds. The lowest BCUT2D eigenvalue weighted by Gasteiger charge is -2.25. The Hall–Kier alpha value is -8.15. The summed E-state index contributed by atoms with van der Waals surface area (Å²) in [6.45, 7) is 15.0. The van der Waals surface area contributed by atoms with E-state index in [1.54, 1.807) is 12.2 Å². The zero-order valence-electron chi connectivity index (χ0n) is 37.5. The molecule has 0 bridgehead atoms. The van der Waals surface area contributed by atoms with Crippen LogP contribution in [-0.2, 0) is 5.41 Å². The highest BCUT2D eigenvalue weighted by molar-refractivity contribution is 6.12. The molecule has 5 nitrogen and oxygen atoms in total. The maximum Gasteiger partial charge on any atom is 0.164 e. The van der Waals surface area contributed by atoms with Crippen LogP contribution in [0.15, 0.2) is 213 Å². The van der Waals surface area contributed by atoms with Gasteiger partial charge in [-0.1, -0.05) is 186 Å². The molecule has 1 aliphatic carbocycles. The highest BCUT2D eigenvalue weighted by Crippen LogP contribution is 2.45. The fourth-order valence-corrected chi connectivity index (χ4v) is 9.74. The van der Waals surface area contributed by atoms with Crippen molar-refractivity contribution < 1.29 is 0 Å². The largest absolute Gasteiger partial charge is 0.309 e. The van der Waals surface area contributed by atoms with Crippen LogP contribution in [0.25, 0.3) is 94.5 Å². The van der Waals surface area contributed by atoms with Gasteiger partial charge in [0.05, 0.1) is 27.8 Å². The lowest BCUT2D eigenvalue weighted by molar-refractivity contribution is 0.591. The maximum atomic E-state index is 5.24. The van der Waals surface area contributed by atoms with Gasteiger partial charge in [-0.25, -0.2) is 15.0 Å². The van der Waals surface area contributed by atoms with Crippen LogP contribution >= 0.6 is 0 Å². The predicted octanol–water partition coefficient (Wildman–Crippen LogP) is 15.7. The zero-order chi connectivity index (χ0) is 44.9. The molecule has 1 unspecified atom stereocenters. The first-order chi connectivity index (χ1) is 32.3. The third-order valence-electron chi connectivity index (χ3n) is 13.0. The van der Waals surface area contributed by atoms with Crippen molar-refractivity contribution in [3.8, 4) is 45.3 Å². The minimum Gasteiger partial charge on any atom is -0.309 e. The minimum absolute atomic E-state index is 0.0406. The van der Waals surface area contributed by atoms with Crippen molar-refractivity contribution in [2.45, 2.75) is 38.5 Å². The molecule has 10 aromatic rings. The molecule has 0 saturated heterocycles. The third-order valence-corrected chi connectivity index (χ3v) is 13.0. The van der Waals surface area contributed by atoms with Gasteiger partial charge < -0.3 is 9.13 Å². The van der Waals surface area contributed by atoms with Crippen molar-refractivity contribution in [3.05, 3.63) is 230 Å². The first-order valence-corrected chi connectivity index (χ1v) is 22.7. The number of allylic oxidation sites excluding steroid dienone is 8. The van der Waals surface area contributed by atoms with Gasteiger partial charge in [0.15, 0.2) is 17.5 Å². The van der Waals surface area contributed by atoms with Gasteiger partial charge in [0, 0.05) is 55.4 Å². The van der Waals surface area contributed by atoms with E-state index in [0.29, 0.717) is 17.5 Å². The van der Waals surface area contributed by atoms with Crippen molar-refractivity contribution >= 4 is 49.2 Å². The number of para-hydroxylation sites is 2. The van der Waals surface area contributed by atoms with E-state index in [1.807, 2.05) is 36.4 Å². The Bertz CT molecular complexity index is 3580. The second kappa shape index (κ2) is 16.4. The van der Waals surface area contributed by atoms with Crippen LogP contribution in [0.2, 0.25) is 0 Å². The molecule has 0 radical (unpaired) electrons. The summed E-state index contributed by atoms with van der Waals surface area (Å²) in [5.74, 6) is 1.78. The Labute approximate surface area is 385 Å². The molecule has 5 heteroatoms. The molecule has 66 heavy (non-hydrogen) atoms. The lowest BCUT2D eigenvalue weighted by atomic mass is 9.86. The molecule has 3 heterocycles. The molecular weight excluding hydrogens is 803 g/mol. The number of rotatable bonds is 9. The number of benzene rings is 7. The van der Waals surface area contributed by atoms with E-state index in [1.165, 1.54) is 43.7 Å². The van der Waals surface area contributed by atoms with Crippen LogP contribution in [0.3, 0.4) is 0 Å².